The Hall–Kier alpha value is -0.300. The maximum absolute atomic E-state index is 4.34. The number of hydrogen-bond acceptors (Lipinski definition) is 2. The molecule has 19 heavy (non-hydrogen) atoms. The number of guanidine groups is 1. The van der Waals surface area contributed by atoms with Gasteiger partial charge in [0.15, 0.2) is 5.96 Å². The predicted octanol–water partition coefficient (Wildman–Crippen LogP) is 3.22. The summed E-state index contributed by atoms with van der Waals surface area (Å²) in [5, 5.41) is 5.59. The molecule has 3 nitrogen and oxygen atoms in total. The lowest BCUT2D eigenvalue weighted by molar-refractivity contribution is 0.484. The first-order valence-electron chi connectivity index (χ1n) is 6.73. The fourth-order valence-corrected chi connectivity index (χ4v) is 2.72. The molecule has 1 aliphatic carbocycles. The molecular formula is C14H24IN3S. The Bertz CT molecular complexity index is 374. The van der Waals surface area contributed by atoms with E-state index >= 15 is 0 Å². The number of aliphatic imine (C=N–C) groups is 1. The molecule has 1 aromatic rings. The van der Waals surface area contributed by atoms with Crippen LogP contribution in [-0.2, 0) is 6.42 Å². The van der Waals surface area contributed by atoms with Gasteiger partial charge in [0.05, 0.1) is 0 Å². The summed E-state index contributed by atoms with van der Waals surface area (Å²) in [6, 6.07) is 4.31. The van der Waals surface area contributed by atoms with E-state index in [1.807, 2.05) is 18.4 Å². The van der Waals surface area contributed by atoms with Crippen LogP contribution in [0.4, 0.5) is 0 Å². The fraction of sp³-hybridized carbons (Fsp3) is 0.643. The minimum absolute atomic E-state index is 0. The average molecular weight is 393 g/mol. The Kier molecular flexibility index (Phi) is 7.75. The second kappa shape index (κ2) is 8.79. The molecule has 2 rings (SSSR count). The van der Waals surface area contributed by atoms with E-state index in [2.05, 4.69) is 39.8 Å². The molecule has 108 valence electrons. The van der Waals surface area contributed by atoms with E-state index < -0.39 is 0 Å². The van der Waals surface area contributed by atoms with Crippen molar-refractivity contribution in [2.45, 2.75) is 25.7 Å². The Morgan fingerprint density at radius 3 is 2.89 bits per heavy atom. The van der Waals surface area contributed by atoms with Crippen LogP contribution in [0, 0.1) is 5.92 Å². The first-order chi connectivity index (χ1) is 8.79. The van der Waals surface area contributed by atoms with Gasteiger partial charge in [0, 0.05) is 32.1 Å². The molecule has 0 atom stereocenters. The molecule has 1 N–H and O–H groups in total. The second-order valence-electron chi connectivity index (χ2n) is 4.96. The standard InChI is InChI=1S/C14H23N3S.HI/c1-15-14(16-9-7-12-5-6-12)17(2)10-8-13-4-3-11-18-13;/h3-4,11-12H,5-10H2,1-2H3,(H,15,16);1H. The Morgan fingerprint density at radius 1 is 1.53 bits per heavy atom. The largest absolute Gasteiger partial charge is 0.356 e. The van der Waals surface area contributed by atoms with Crippen LogP contribution in [0.5, 0.6) is 0 Å². The van der Waals surface area contributed by atoms with Gasteiger partial charge in [-0.15, -0.1) is 35.3 Å². The molecule has 0 saturated heterocycles. The number of halogens is 1. The van der Waals surface area contributed by atoms with E-state index in [1.165, 1.54) is 24.1 Å². The summed E-state index contributed by atoms with van der Waals surface area (Å²) in [7, 11) is 3.97. The van der Waals surface area contributed by atoms with Gasteiger partial charge in [0.1, 0.15) is 0 Å². The van der Waals surface area contributed by atoms with Crippen LogP contribution in [0.2, 0.25) is 0 Å². The summed E-state index contributed by atoms with van der Waals surface area (Å²) < 4.78 is 0. The highest BCUT2D eigenvalue weighted by molar-refractivity contribution is 14.0. The molecule has 0 bridgehead atoms. The molecule has 0 aliphatic heterocycles. The maximum atomic E-state index is 4.34. The van der Waals surface area contributed by atoms with Gasteiger partial charge < -0.3 is 10.2 Å². The lowest BCUT2D eigenvalue weighted by atomic mass is 10.3. The van der Waals surface area contributed by atoms with Crippen LogP contribution in [0.25, 0.3) is 0 Å². The molecule has 1 heterocycles. The van der Waals surface area contributed by atoms with E-state index in [-0.39, 0.29) is 24.0 Å². The highest BCUT2D eigenvalue weighted by atomic mass is 127. The van der Waals surface area contributed by atoms with Gasteiger partial charge in [0.2, 0.25) is 0 Å². The smallest absolute Gasteiger partial charge is 0.193 e. The van der Waals surface area contributed by atoms with Crippen molar-refractivity contribution in [3.05, 3.63) is 22.4 Å². The third kappa shape index (κ3) is 6.12. The number of hydrogen-bond donors (Lipinski definition) is 1. The van der Waals surface area contributed by atoms with Crippen molar-refractivity contribution in [1.82, 2.24) is 10.2 Å². The van der Waals surface area contributed by atoms with Crippen molar-refractivity contribution < 1.29 is 0 Å². The molecule has 0 amide bonds. The summed E-state index contributed by atoms with van der Waals surface area (Å²) in [6.07, 6.45) is 5.23. The molecule has 0 aromatic carbocycles. The zero-order valence-electron chi connectivity index (χ0n) is 11.8. The molecule has 0 unspecified atom stereocenters. The Labute approximate surface area is 137 Å². The molecule has 5 heteroatoms. The summed E-state index contributed by atoms with van der Waals surface area (Å²) >= 11 is 1.83. The van der Waals surface area contributed by atoms with Gasteiger partial charge in [-0.05, 0) is 30.2 Å². The first kappa shape index (κ1) is 16.8. The quantitative estimate of drug-likeness (QED) is 0.457. The van der Waals surface area contributed by atoms with Crippen LogP contribution in [0.15, 0.2) is 22.5 Å². The van der Waals surface area contributed by atoms with E-state index in [0.29, 0.717) is 0 Å². The minimum Gasteiger partial charge on any atom is -0.356 e. The van der Waals surface area contributed by atoms with Crippen molar-refractivity contribution in [3.63, 3.8) is 0 Å². The van der Waals surface area contributed by atoms with Gasteiger partial charge in [-0.3, -0.25) is 4.99 Å². The van der Waals surface area contributed by atoms with Crippen molar-refractivity contribution in [2.75, 3.05) is 27.2 Å². The predicted molar refractivity (Wildman–Crippen MR) is 94.8 cm³/mol. The van der Waals surface area contributed by atoms with Crippen molar-refractivity contribution in [1.29, 1.82) is 0 Å². The van der Waals surface area contributed by atoms with E-state index in [4.69, 9.17) is 0 Å². The molecule has 1 aliphatic rings. The fourth-order valence-electron chi connectivity index (χ4n) is 2.02. The summed E-state index contributed by atoms with van der Waals surface area (Å²) in [4.78, 5) is 8.00. The summed E-state index contributed by atoms with van der Waals surface area (Å²) in [6.45, 7) is 2.07. The topological polar surface area (TPSA) is 27.6 Å². The molecule has 1 fully saturated rings. The van der Waals surface area contributed by atoms with Crippen LogP contribution in [0.3, 0.4) is 0 Å². The normalized spacial score (nSPS) is 14.9. The van der Waals surface area contributed by atoms with Crippen LogP contribution in [-0.4, -0.2) is 38.0 Å². The Balaban J connectivity index is 0.00000180. The highest BCUT2D eigenvalue weighted by Crippen LogP contribution is 2.31. The number of likely N-dealkylation sites (N-methyl/N-ethyl adjacent to an activating group) is 1. The summed E-state index contributed by atoms with van der Waals surface area (Å²) in [5.74, 6) is 2.00. The van der Waals surface area contributed by atoms with Gasteiger partial charge in [-0.2, -0.15) is 0 Å². The van der Waals surface area contributed by atoms with Crippen LogP contribution >= 0.6 is 35.3 Å². The number of thiophene rings is 1. The van der Waals surface area contributed by atoms with Crippen molar-refractivity contribution in [3.8, 4) is 0 Å². The number of rotatable bonds is 6. The third-order valence-corrected chi connectivity index (χ3v) is 4.32. The Morgan fingerprint density at radius 2 is 2.32 bits per heavy atom. The van der Waals surface area contributed by atoms with Gasteiger partial charge >= 0.3 is 0 Å². The highest BCUT2D eigenvalue weighted by Gasteiger charge is 2.20. The van der Waals surface area contributed by atoms with Gasteiger partial charge in [-0.25, -0.2) is 0 Å². The number of nitrogens with one attached hydrogen (secondary N) is 1. The van der Waals surface area contributed by atoms with E-state index in [1.54, 1.807) is 0 Å². The third-order valence-electron chi connectivity index (χ3n) is 3.38. The molecule has 1 saturated carbocycles. The van der Waals surface area contributed by atoms with E-state index in [0.717, 1.165) is 31.4 Å². The van der Waals surface area contributed by atoms with Gasteiger partial charge in [-0.1, -0.05) is 18.9 Å². The summed E-state index contributed by atoms with van der Waals surface area (Å²) in [5.41, 5.74) is 0. The lowest BCUT2D eigenvalue weighted by Crippen LogP contribution is -2.40. The van der Waals surface area contributed by atoms with E-state index in [9.17, 15) is 0 Å². The van der Waals surface area contributed by atoms with Crippen molar-refractivity contribution >= 4 is 41.3 Å². The zero-order chi connectivity index (χ0) is 12.8. The second-order valence-corrected chi connectivity index (χ2v) is 5.99. The monoisotopic (exact) mass is 393 g/mol. The molecule has 0 spiro atoms. The van der Waals surface area contributed by atoms with Crippen molar-refractivity contribution in [2.24, 2.45) is 10.9 Å². The minimum atomic E-state index is 0. The first-order valence-corrected chi connectivity index (χ1v) is 7.61. The average Bonchev–Trinajstić information content (AvgIpc) is 3.05. The number of nitrogens with zero attached hydrogens (tertiary/aromatic N) is 2. The molecule has 1 aromatic heterocycles. The molecular weight excluding hydrogens is 369 g/mol. The van der Waals surface area contributed by atoms with Gasteiger partial charge in [0.25, 0.3) is 0 Å². The lowest BCUT2D eigenvalue weighted by Gasteiger charge is -2.21. The molecule has 0 radical (unpaired) electrons. The van der Waals surface area contributed by atoms with Crippen LogP contribution < -0.4 is 5.32 Å². The maximum Gasteiger partial charge on any atom is 0.193 e. The SMILES string of the molecule is CN=C(NCCC1CC1)N(C)CCc1cccs1.I. The zero-order valence-corrected chi connectivity index (χ0v) is 14.9. The van der Waals surface area contributed by atoms with Crippen LogP contribution in [0.1, 0.15) is 24.1 Å².